The lowest BCUT2D eigenvalue weighted by atomic mass is 10.1. The molecule has 11 nitrogen and oxygen atoms in total. The summed E-state index contributed by atoms with van der Waals surface area (Å²) >= 11 is 0. The van der Waals surface area contributed by atoms with E-state index in [4.69, 9.17) is 4.74 Å². The van der Waals surface area contributed by atoms with Gasteiger partial charge in [0.15, 0.2) is 0 Å². The van der Waals surface area contributed by atoms with Gasteiger partial charge in [-0.3, -0.25) is 14.9 Å². The van der Waals surface area contributed by atoms with E-state index < -0.39 is 10.8 Å². The third-order valence-electron chi connectivity index (χ3n) is 5.68. The Morgan fingerprint density at radius 1 is 1.22 bits per heavy atom. The molecule has 1 amide bonds. The fourth-order valence-electron chi connectivity index (χ4n) is 3.89. The summed E-state index contributed by atoms with van der Waals surface area (Å²) in [5.41, 5.74) is 2.51. The normalized spacial score (nSPS) is 11.0. The SMILES string of the molecule is COc1cc(C(=O)NCCN(C)C)c([N+](=O)[O-])cc1Nc1nccc(-c2cn(C)c3ccccc23)n1. The van der Waals surface area contributed by atoms with Crippen molar-refractivity contribution in [3.8, 4) is 17.0 Å². The first-order valence-corrected chi connectivity index (χ1v) is 11.2. The van der Waals surface area contributed by atoms with Crippen molar-refractivity contribution in [3.63, 3.8) is 0 Å². The zero-order chi connectivity index (χ0) is 25.8. The number of carbonyl (C=O) groups is 1. The molecule has 0 aliphatic carbocycles. The molecular weight excluding hydrogens is 462 g/mol. The van der Waals surface area contributed by atoms with Crippen molar-refractivity contribution in [2.75, 3.05) is 39.6 Å². The quantitative estimate of drug-likeness (QED) is 0.270. The number of carbonyl (C=O) groups excluding carboxylic acids is 1. The Hall–Kier alpha value is -4.51. The summed E-state index contributed by atoms with van der Waals surface area (Å²) in [6.45, 7) is 0.945. The average molecular weight is 490 g/mol. The highest BCUT2D eigenvalue weighted by Crippen LogP contribution is 2.35. The number of para-hydroxylation sites is 1. The van der Waals surface area contributed by atoms with E-state index in [0.717, 1.165) is 16.5 Å². The molecule has 0 spiro atoms. The van der Waals surface area contributed by atoms with Crippen molar-refractivity contribution in [2.45, 2.75) is 0 Å². The highest BCUT2D eigenvalue weighted by Gasteiger charge is 2.24. The smallest absolute Gasteiger partial charge is 0.284 e. The first kappa shape index (κ1) is 24.6. The second-order valence-corrected chi connectivity index (χ2v) is 8.45. The second kappa shape index (κ2) is 10.4. The van der Waals surface area contributed by atoms with Gasteiger partial charge in [0, 0.05) is 61.1 Å². The molecule has 2 aromatic carbocycles. The van der Waals surface area contributed by atoms with Gasteiger partial charge in [-0.2, -0.15) is 0 Å². The van der Waals surface area contributed by atoms with Crippen LogP contribution in [0, 0.1) is 10.1 Å². The minimum absolute atomic E-state index is 0.0911. The molecule has 2 aromatic heterocycles. The van der Waals surface area contributed by atoms with Gasteiger partial charge < -0.3 is 24.8 Å². The summed E-state index contributed by atoms with van der Waals surface area (Å²) in [5, 5.41) is 18.5. The van der Waals surface area contributed by atoms with Gasteiger partial charge in [0.2, 0.25) is 5.95 Å². The maximum Gasteiger partial charge on any atom is 0.284 e. The lowest BCUT2D eigenvalue weighted by Gasteiger charge is -2.14. The Morgan fingerprint density at radius 2 is 2.00 bits per heavy atom. The predicted molar refractivity (Wildman–Crippen MR) is 138 cm³/mol. The third-order valence-corrected chi connectivity index (χ3v) is 5.68. The van der Waals surface area contributed by atoms with Crippen molar-refractivity contribution >= 4 is 34.1 Å². The summed E-state index contributed by atoms with van der Waals surface area (Å²) in [5.74, 6) is -0.0728. The fraction of sp³-hybridized carbons (Fsp3) is 0.240. The molecule has 0 bridgehead atoms. The topological polar surface area (TPSA) is 127 Å². The molecule has 0 radical (unpaired) electrons. The number of fused-ring (bicyclic) bond motifs is 1. The Labute approximate surface area is 207 Å². The van der Waals surface area contributed by atoms with Gasteiger partial charge >= 0.3 is 0 Å². The van der Waals surface area contributed by atoms with Gasteiger partial charge in [-0.25, -0.2) is 9.97 Å². The maximum atomic E-state index is 12.7. The van der Waals surface area contributed by atoms with Crippen molar-refractivity contribution in [3.05, 3.63) is 70.5 Å². The standard InChI is InChI=1S/C25H27N7O4/c1-30(2)12-11-26-24(33)17-13-23(36-4)20(14-22(17)32(34)35)29-25-27-10-9-19(28-25)18-15-31(3)21-8-6-5-7-16(18)21/h5-10,13-15H,11-12H2,1-4H3,(H,26,33)(H,27,28,29). The van der Waals surface area contributed by atoms with E-state index in [1.165, 1.54) is 19.2 Å². The molecule has 0 atom stereocenters. The molecule has 4 aromatic rings. The number of ether oxygens (including phenoxy) is 1. The van der Waals surface area contributed by atoms with Gasteiger partial charge in [0.25, 0.3) is 11.6 Å². The minimum Gasteiger partial charge on any atom is -0.495 e. The number of benzene rings is 2. The largest absolute Gasteiger partial charge is 0.495 e. The molecule has 186 valence electrons. The zero-order valence-corrected chi connectivity index (χ0v) is 20.5. The first-order chi connectivity index (χ1) is 17.3. The number of nitrogens with zero attached hydrogens (tertiary/aromatic N) is 5. The van der Waals surface area contributed by atoms with Crippen LogP contribution in [0.15, 0.2) is 54.9 Å². The van der Waals surface area contributed by atoms with Crippen LogP contribution in [0.25, 0.3) is 22.2 Å². The van der Waals surface area contributed by atoms with Crippen LogP contribution in [0.3, 0.4) is 0 Å². The molecule has 0 saturated carbocycles. The van der Waals surface area contributed by atoms with Crippen LogP contribution in [-0.2, 0) is 7.05 Å². The molecule has 0 aliphatic heterocycles. The van der Waals surface area contributed by atoms with Crippen LogP contribution in [0.4, 0.5) is 17.3 Å². The number of nitro benzene ring substituents is 1. The van der Waals surface area contributed by atoms with E-state index in [1.54, 1.807) is 12.3 Å². The Balaban J connectivity index is 1.67. The first-order valence-electron chi connectivity index (χ1n) is 11.2. The van der Waals surface area contributed by atoms with E-state index in [1.807, 2.05) is 61.1 Å². The van der Waals surface area contributed by atoms with Crippen molar-refractivity contribution in [2.24, 2.45) is 7.05 Å². The Kier molecular flexibility index (Phi) is 7.11. The van der Waals surface area contributed by atoms with E-state index in [2.05, 4.69) is 20.6 Å². The summed E-state index contributed by atoms with van der Waals surface area (Å²) < 4.78 is 7.45. The number of aryl methyl sites for hydroxylation is 1. The number of amides is 1. The minimum atomic E-state index is -0.598. The van der Waals surface area contributed by atoms with Gasteiger partial charge in [-0.05, 0) is 26.2 Å². The monoisotopic (exact) mass is 489 g/mol. The number of nitrogens with one attached hydrogen (secondary N) is 2. The number of nitro groups is 1. The van der Waals surface area contributed by atoms with Crippen LogP contribution in [0.5, 0.6) is 5.75 Å². The number of likely N-dealkylation sites (N-methyl/N-ethyl adjacent to an activating group) is 1. The van der Waals surface area contributed by atoms with Crippen LogP contribution < -0.4 is 15.4 Å². The van der Waals surface area contributed by atoms with Crippen LogP contribution in [0.1, 0.15) is 10.4 Å². The fourth-order valence-corrected chi connectivity index (χ4v) is 3.89. The Morgan fingerprint density at radius 3 is 2.72 bits per heavy atom. The molecule has 2 heterocycles. The number of rotatable bonds is 9. The van der Waals surface area contributed by atoms with Crippen LogP contribution in [0.2, 0.25) is 0 Å². The molecule has 2 N–H and O–H groups in total. The molecule has 0 unspecified atom stereocenters. The number of hydrogen-bond donors (Lipinski definition) is 2. The molecule has 11 heteroatoms. The van der Waals surface area contributed by atoms with Gasteiger partial charge in [-0.15, -0.1) is 0 Å². The van der Waals surface area contributed by atoms with Crippen molar-refractivity contribution in [1.29, 1.82) is 0 Å². The molecule has 36 heavy (non-hydrogen) atoms. The number of anilines is 2. The maximum absolute atomic E-state index is 12.7. The lowest BCUT2D eigenvalue weighted by Crippen LogP contribution is -2.31. The second-order valence-electron chi connectivity index (χ2n) is 8.45. The van der Waals surface area contributed by atoms with Gasteiger partial charge in [-0.1, -0.05) is 18.2 Å². The summed E-state index contributed by atoms with van der Waals surface area (Å²) in [7, 11) is 7.13. The van der Waals surface area contributed by atoms with Gasteiger partial charge in [0.05, 0.1) is 23.4 Å². The molecule has 0 aliphatic rings. The number of hydrogen-bond acceptors (Lipinski definition) is 8. The van der Waals surface area contributed by atoms with Gasteiger partial charge in [0.1, 0.15) is 11.3 Å². The number of methoxy groups -OCH3 is 1. The van der Waals surface area contributed by atoms with E-state index in [-0.39, 0.29) is 28.6 Å². The predicted octanol–water partition coefficient (Wildman–Crippen LogP) is 3.59. The highest BCUT2D eigenvalue weighted by atomic mass is 16.6. The van der Waals surface area contributed by atoms with Crippen LogP contribution in [-0.4, -0.2) is 64.6 Å². The summed E-state index contributed by atoms with van der Waals surface area (Å²) in [4.78, 5) is 34.7. The molecule has 0 saturated heterocycles. The highest BCUT2D eigenvalue weighted by molar-refractivity contribution is 6.00. The van der Waals surface area contributed by atoms with E-state index in [0.29, 0.717) is 18.8 Å². The molecule has 0 fully saturated rings. The Bertz CT molecular complexity index is 1430. The zero-order valence-electron chi connectivity index (χ0n) is 20.5. The van der Waals surface area contributed by atoms with Crippen LogP contribution >= 0.6 is 0 Å². The van der Waals surface area contributed by atoms with E-state index in [9.17, 15) is 14.9 Å². The third kappa shape index (κ3) is 5.10. The van der Waals surface area contributed by atoms with Crippen molar-refractivity contribution < 1.29 is 14.5 Å². The average Bonchev–Trinajstić information content (AvgIpc) is 3.20. The van der Waals surface area contributed by atoms with Crippen molar-refractivity contribution in [1.82, 2.24) is 24.8 Å². The molecule has 4 rings (SSSR count). The van der Waals surface area contributed by atoms with E-state index >= 15 is 0 Å². The summed E-state index contributed by atoms with van der Waals surface area (Å²) in [6, 6.07) is 12.4. The lowest BCUT2D eigenvalue weighted by molar-refractivity contribution is -0.385. The summed E-state index contributed by atoms with van der Waals surface area (Å²) in [6.07, 6.45) is 3.60. The molecular formula is C25H27N7O4. The number of aromatic nitrogens is 3.